The van der Waals surface area contributed by atoms with Crippen LogP contribution in [-0.2, 0) is 13.0 Å². The summed E-state index contributed by atoms with van der Waals surface area (Å²) in [5.41, 5.74) is 4.05. The van der Waals surface area contributed by atoms with Crippen LogP contribution in [0.2, 0.25) is 0 Å². The zero-order chi connectivity index (χ0) is 22.1. The van der Waals surface area contributed by atoms with Gasteiger partial charge >= 0.3 is 0 Å². The number of fused-ring (bicyclic) bond motifs is 2. The van der Waals surface area contributed by atoms with Crippen LogP contribution in [0.15, 0.2) is 48.5 Å². The smallest absolute Gasteiger partial charge is 0.256 e. The summed E-state index contributed by atoms with van der Waals surface area (Å²) >= 11 is 3.38. The van der Waals surface area contributed by atoms with E-state index in [0.717, 1.165) is 57.6 Å². The Bertz CT molecular complexity index is 1230. The second-order valence-corrected chi connectivity index (χ2v) is 9.86. The van der Waals surface area contributed by atoms with Crippen molar-refractivity contribution in [3.63, 3.8) is 0 Å². The van der Waals surface area contributed by atoms with Crippen LogP contribution in [0.3, 0.4) is 0 Å². The highest BCUT2D eigenvalue weighted by atomic mass is 35.5. The second kappa shape index (κ2) is 10.2. The van der Waals surface area contributed by atoms with Crippen LogP contribution in [0, 0.1) is 0 Å². The molecule has 2 aromatic heterocycles. The highest BCUT2D eigenvalue weighted by Gasteiger charge is 2.27. The lowest BCUT2D eigenvalue weighted by atomic mass is 10.0. The van der Waals surface area contributed by atoms with Crippen molar-refractivity contribution in [2.24, 2.45) is 0 Å². The summed E-state index contributed by atoms with van der Waals surface area (Å²) in [5.74, 6) is 0.659. The molecule has 1 amide bonds. The quantitative estimate of drug-likeness (QED) is 0.330. The number of nitrogens with zero attached hydrogens (tertiary/aromatic N) is 2. The van der Waals surface area contributed by atoms with Crippen LogP contribution in [0.5, 0.6) is 5.75 Å². The molecule has 0 bridgehead atoms. The zero-order valence-electron chi connectivity index (χ0n) is 18.6. The van der Waals surface area contributed by atoms with E-state index in [1.54, 1.807) is 22.7 Å². The van der Waals surface area contributed by atoms with Gasteiger partial charge in [0.2, 0.25) is 0 Å². The third-order valence-electron chi connectivity index (χ3n) is 5.75. The number of amides is 1. The van der Waals surface area contributed by atoms with E-state index in [1.165, 1.54) is 10.4 Å². The van der Waals surface area contributed by atoms with Crippen molar-refractivity contribution in [1.82, 2.24) is 9.88 Å². The standard InChI is InChI=1S/C25H25N3O2S2.ClH/c1-3-28-14-13-18-21(15-28)32-25(22(18)24-26-19-7-5-6-8-20(19)31-24)27-23(29)16-9-11-17(12-10-16)30-4-2;/h5-12H,3-4,13-15H2,1-2H3,(H,27,29);1H. The van der Waals surface area contributed by atoms with E-state index in [0.29, 0.717) is 12.2 Å². The van der Waals surface area contributed by atoms with Gasteiger partial charge in [-0.2, -0.15) is 0 Å². The molecule has 3 heterocycles. The first kappa shape index (κ1) is 23.7. The third-order valence-corrected chi connectivity index (χ3v) is 7.93. The van der Waals surface area contributed by atoms with Crippen LogP contribution in [0.25, 0.3) is 20.8 Å². The summed E-state index contributed by atoms with van der Waals surface area (Å²) in [5, 5.41) is 5.07. The number of hydrogen-bond acceptors (Lipinski definition) is 6. The van der Waals surface area contributed by atoms with Gasteiger partial charge in [-0.25, -0.2) is 4.98 Å². The summed E-state index contributed by atoms with van der Waals surface area (Å²) in [6.07, 6.45) is 0.976. The first-order valence-electron chi connectivity index (χ1n) is 10.9. The molecule has 0 atom stereocenters. The molecule has 5 nitrogen and oxygen atoms in total. The van der Waals surface area contributed by atoms with Crippen LogP contribution >= 0.6 is 35.1 Å². The number of rotatable bonds is 6. The molecular formula is C25H26ClN3O2S2. The number of carbonyl (C=O) groups excluding carboxylic acids is 1. The maximum Gasteiger partial charge on any atom is 0.256 e. The predicted molar refractivity (Wildman–Crippen MR) is 140 cm³/mol. The fourth-order valence-electron chi connectivity index (χ4n) is 4.06. The average Bonchev–Trinajstić information content (AvgIpc) is 3.39. The summed E-state index contributed by atoms with van der Waals surface area (Å²) in [7, 11) is 0. The van der Waals surface area contributed by atoms with Crippen molar-refractivity contribution in [2.45, 2.75) is 26.8 Å². The van der Waals surface area contributed by atoms with Gasteiger partial charge in [-0.1, -0.05) is 19.1 Å². The maximum absolute atomic E-state index is 13.1. The number of carbonyl (C=O) groups is 1. The first-order valence-corrected chi connectivity index (χ1v) is 12.6. The lowest BCUT2D eigenvalue weighted by Gasteiger charge is -2.25. The van der Waals surface area contributed by atoms with Crippen molar-refractivity contribution in [3.8, 4) is 16.3 Å². The van der Waals surface area contributed by atoms with Gasteiger partial charge in [0.25, 0.3) is 5.91 Å². The lowest BCUT2D eigenvalue weighted by molar-refractivity contribution is 0.102. The fourth-order valence-corrected chi connectivity index (χ4v) is 6.46. The number of thiazole rings is 1. The van der Waals surface area contributed by atoms with Crippen molar-refractivity contribution >= 4 is 56.2 Å². The van der Waals surface area contributed by atoms with Crippen molar-refractivity contribution in [1.29, 1.82) is 0 Å². The van der Waals surface area contributed by atoms with Gasteiger partial charge in [-0.3, -0.25) is 9.69 Å². The highest BCUT2D eigenvalue weighted by Crippen LogP contribution is 2.45. The number of para-hydroxylation sites is 1. The van der Waals surface area contributed by atoms with Gasteiger partial charge in [0.15, 0.2) is 0 Å². The fraction of sp³-hybridized carbons (Fsp3) is 0.280. The summed E-state index contributed by atoms with van der Waals surface area (Å²) in [4.78, 5) is 21.8. The number of aromatic nitrogens is 1. The molecule has 1 aliphatic rings. The highest BCUT2D eigenvalue weighted by molar-refractivity contribution is 7.23. The minimum Gasteiger partial charge on any atom is -0.494 e. The third kappa shape index (κ3) is 4.77. The van der Waals surface area contributed by atoms with Crippen LogP contribution < -0.4 is 10.1 Å². The molecule has 1 aliphatic heterocycles. The molecule has 2 aromatic carbocycles. The summed E-state index contributed by atoms with van der Waals surface area (Å²) in [6, 6.07) is 15.5. The number of nitrogens with one attached hydrogen (secondary N) is 1. The number of anilines is 1. The Kier molecular flexibility index (Phi) is 7.34. The zero-order valence-corrected chi connectivity index (χ0v) is 21.0. The van der Waals surface area contributed by atoms with E-state index in [4.69, 9.17) is 9.72 Å². The Hall–Kier alpha value is -2.45. The Balaban J connectivity index is 0.00000259. The van der Waals surface area contributed by atoms with Crippen LogP contribution in [-0.4, -0.2) is 35.5 Å². The lowest BCUT2D eigenvalue weighted by Crippen LogP contribution is -2.29. The van der Waals surface area contributed by atoms with E-state index < -0.39 is 0 Å². The van der Waals surface area contributed by atoms with Crippen molar-refractivity contribution in [2.75, 3.05) is 25.0 Å². The SMILES string of the molecule is CCOc1ccc(C(=O)Nc2sc3c(c2-c2nc4ccccc4s2)CCN(CC)C3)cc1.Cl. The van der Waals surface area contributed by atoms with Crippen LogP contribution in [0.4, 0.5) is 5.00 Å². The van der Waals surface area contributed by atoms with Crippen molar-refractivity contribution < 1.29 is 9.53 Å². The molecule has 5 rings (SSSR count). The number of ether oxygens (including phenoxy) is 1. The van der Waals surface area contributed by atoms with Gasteiger partial charge < -0.3 is 10.1 Å². The molecule has 4 aromatic rings. The van der Waals surface area contributed by atoms with Crippen LogP contribution in [0.1, 0.15) is 34.6 Å². The monoisotopic (exact) mass is 499 g/mol. The number of likely N-dealkylation sites (N-methyl/N-ethyl adjacent to an activating group) is 1. The Morgan fingerprint density at radius 1 is 1.12 bits per heavy atom. The molecule has 0 spiro atoms. The number of hydrogen-bond donors (Lipinski definition) is 1. The Morgan fingerprint density at radius 2 is 1.91 bits per heavy atom. The Labute approximate surface area is 207 Å². The van der Waals surface area contributed by atoms with Gasteiger partial charge in [-0.15, -0.1) is 35.1 Å². The molecule has 0 fully saturated rings. The molecule has 8 heteroatoms. The molecule has 0 aliphatic carbocycles. The molecular weight excluding hydrogens is 474 g/mol. The predicted octanol–water partition coefficient (Wildman–Crippen LogP) is 6.48. The molecule has 172 valence electrons. The molecule has 0 saturated carbocycles. The van der Waals surface area contributed by atoms with Gasteiger partial charge in [0, 0.05) is 29.1 Å². The maximum atomic E-state index is 13.1. The largest absolute Gasteiger partial charge is 0.494 e. The molecule has 0 radical (unpaired) electrons. The second-order valence-electron chi connectivity index (χ2n) is 7.72. The summed E-state index contributed by atoms with van der Waals surface area (Å²) < 4.78 is 6.66. The van der Waals surface area contributed by atoms with E-state index in [1.807, 2.05) is 49.4 Å². The normalized spacial score (nSPS) is 13.4. The van der Waals surface area contributed by atoms with E-state index in [9.17, 15) is 4.79 Å². The van der Waals surface area contributed by atoms with E-state index >= 15 is 0 Å². The van der Waals surface area contributed by atoms with E-state index in [2.05, 4.69) is 23.2 Å². The topological polar surface area (TPSA) is 54.5 Å². The molecule has 1 N–H and O–H groups in total. The van der Waals surface area contributed by atoms with Gasteiger partial charge in [-0.05, 0) is 61.9 Å². The molecule has 33 heavy (non-hydrogen) atoms. The Morgan fingerprint density at radius 3 is 2.64 bits per heavy atom. The van der Waals surface area contributed by atoms with Gasteiger partial charge in [0.05, 0.1) is 16.8 Å². The van der Waals surface area contributed by atoms with Gasteiger partial charge in [0.1, 0.15) is 15.8 Å². The molecule has 0 saturated heterocycles. The van der Waals surface area contributed by atoms with Crippen molar-refractivity contribution in [3.05, 3.63) is 64.5 Å². The minimum absolute atomic E-state index is 0. The number of thiophene rings is 1. The average molecular weight is 500 g/mol. The minimum atomic E-state index is -0.110. The first-order chi connectivity index (χ1) is 15.7. The number of halogens is 1. The van der Waals surface area contributed by atoms with E-state index in [-0.39, 0.29) is 18.3 Å². The number of benzene rings is 2. The summed E-state index contributed by atoms with van der Waals surface area (Å²) in [6.45, 7) is 7.73. The molecule has 0 unspecified atom stereocenters.